The molecule has 2 aromatic rings. The average molecular weight is 187 g/mol. The van der Waals surface area contributed by atoms with E-state index in [0.717, 1.165) is 0 Å². The summed E-state index contributed by atoms with van der Waals surface area (Å²) in [6, 6.07) is 0. The first kappa shape index (κ1) is 8.47. The standard InChI is InChI=1S/C9H9N5/c1-3-4-6-12-8(10)7-9(13-6)14(2)5-11-7/h4-5H,1H2,2H3,(H2,10,12,13). The van der Waals surface area contributed by atoms with Crippen LogP contribution in [-0.2, 0) is 7.05 Å². The van der Waals surface area contributed by atoms with Crippen molar-refractivity contribution in [1.82, 2.24) is 19.5 Å². The third-order valence-electron chi connectivity index (χ3n) is 1.84. The predicted molar refractivity (Wildman–Crippen MR) is 54.3 cm³/mol. The van der Waals surface area contributed by atoms with Crippen LogP contribution < -0.4 is 5.73 Å². The summed E-state index contributed by atoms with van der Waals surface area (Å²) in [5.74, 6) is 0.866. The monoisotopic (exact) mass is 187 g/mol. The fourth-order valence-corrected chi connectivity index (χ4v) is 1.20. The quantitative estimate of drug-likeness (QED) is 0.668. The number of hydrogen-bond donors (Lipinski definition) is 1. The van der Waals surface area contributed by atoms with Crippen LogP contribution in [0.3, 0.4) is 0 Å². The van der Waals surface area contributed by atoms with Gasteiger partial charge in [0.25, 0.3) is 0 Å². The van der Waals surface area contributed by atoms with Crippen LogP contribution in [0, 0.1) is 0 Å². The van der Waals surface area contributed by atoms with Gasteiger partial charge in [-0.3, -0.25) is 0 Å². The van der Waals surface area contributed by atoms with E-state index in [0.29, 0.717) is 22.8 Å². The number of aromatic nitrogens is 4. The van der Waals surface area contributed by atoms with Crippen LogP contribution in [-0.4, -0.2) is 19.5 Å². The zero-order chi connectivity index (χ0) is 10.1. The van der Waals surface area contributed by atoms with Gasteiger partial charge in [0, 0.05) is 13.1 Å². The summed E-state index contributed by atoms with van der Waals surface area (Å²) >= 11 is 0. The molecule has 0 amide bonds. The van der Waals surface area contributed by atoms with E-state index >= 15 is 0 Å². The van der Waals surface area contributed by atoms with Gasteiger partial charge in [0.15, 0.2) is 17.3 Å². The van der Waals surface area contributed by atoms with Crippen LogP contribution in [0.5, 0.6) is 0 Å². The highest BCUT2D eigenvalue weighted by Crippen LogP contribution is 2.15. The van der Waals surface area contributed by atoms with Crippen LogP contribution >= 0.6 is 0 Å². The summed E-state index contributed by atoms with van der Waals surface area (Å²) in [6.45, 7) is 3.45. The van der Waals surface area contributed by atoms with Gasteiger partial charge in [0.1, 0.15) is 5.52 Å². The number of nitrogen functional groups attached to an aromatic ring is 1. The van der Waals surface area contributed by atoms with Gasteiger partial charge < -0.3 is 10.3 Å². The number of hydrogen-bond acceptors (Lipinski definition) is 4. The van der Waals surface area contributed by atoms with Crippen molar-refractivity contribution in [2.24, 2.45) is 7.05 Å². The van der Waals surface area contributed by atoms with Crippen molar-refractivity contribution >= 4 is 23.1 Å². The molecule has 5 nitrogen and oxygen atoms in total. The minimum Gasteiger partial charge on any atom is -0.382 e. The number of fused-ring (bicyclic) bond motifs is 1. The maximum Gasteiger partial charge on any atom is 0.165 e. The highest BCUT2D eigenvalue weighted by atomic mass is 15.1. The zero-order valence-corrected chi connectivity index (χ0v) is 7.73. The van der Waals surface area contributed by atoms with Gasteiger partial charge in [-0.05, 0) is 0 Å². The number of aryl methyl sites for hydroxylation is 1. The van der Waals surface area contributed by atoms with Crippen molar-refractivity contribution in [3.63, 3.8) is 0 Å². The lowest BCUT2D eigenvalue weighted by atomic mass is 10.4. The van der Waals surface area contributed by atoms with Gasteiger partial charge in [-0.2, -0.15) is 0 Å². The lowest BCUT2D eigenvalue weighted by molar-refractivity contribution is 0.926. The Kier molecular flexibility index (Phi) is 1.80. The fraction of sp³-hybridized carbons (Fsp3) is 0.111. The van der Waals surface area contributed by atoms with Gasteiger partial charge in [-0.25, -0.2) is 15.0 Å². The van der Waals surface area contributed by atoms with E-state index in [1.807, 2.05) is 7.05 Å². The summed E-state index contributed by atoms with van der Waals surface area (Å²) in [4.78, 5) is 12.4. The molecule has 0 aliphatic carbocycles. The van der Waals surface area contributed by atoms with Crippen molar-refractivity contribution in [2.45, 2.75) is 0 Å². The molecule has 5 heteroatoms. The van der Waals surface area contributed by atoms with Crippen molar-refractivity contribution in [2.75, 3.05) is 5.73 Å². The molecule has 70 valence electrons. The van der Waals surface area contributed by atoms with E-state index in [-0.39, 0.29) is 0 Å². The number of rotatable bonds is 1. The molecule has 2 aromatic heterocycles. The Morgan fingerprint density at radius 3 is 3.07 bits per heavy atom. The molecule has 0 atom stereocenters. The molecular weight excluding hydrogens is 178 g/mol. The second-order valence-corrected chi connectivity index (χ2v) is 2.84. The molecule has 2 heterocycles. The molecule has 0 unspecified atom stereocenters. The number of anilines is 1. The third kappa shape index (κ3) is 1.16. The van der Waals surface area contributed by atoms with E-state index in [1.54, 1.807) is 17.0 Å². The molecule has 0 bridgehead atoms. The van der Waals surface area contributed by atoms with Crippen molar-refractivity contribution in [1.29, 1.82) is 0 Å². The lowest BCUT2D eigenvalue weighted by Crippen LogP contribution is -1.98. The van der Waals surface area contributed by atoms with Gasteiger partial charge >= 0.3 is 0 Å². The summed E-state index contributed by atoms with van der Waals surface area (Å²) in [6.07, 6.45) is 3.22. The van der Waals surface area contributed by atoms with Gasteiger partial charge in [-0.1, -0.05) is 6.58 Å². The van der Waals surface area contributed by atoms with Crippen LogP contribution in [0.15, 0.2) is 18.6 Å². The summed E-state index contributed by atoms with van der Waals surface area (Å²) in [5.41, 5.74) is 9.63. The van der Waals surface area contributed by atoms with Crippen LogP contribution in [0.1, 0.15) is 5.82 Å². The Hall–Kier alpha value is -2.13. The molecule has 0 saturated carbocycles. The first-order chi connectivity index (χ1) is 6.72. The number of imidazole rings is 1. The van der Waals surface area contributed by atoms with Crippen LogP contribution in [0.2, 0.25) is 0 Å². The largest absolute Gasteiger partial charge is 0.382 e. The predicted octanol–water partition coefficient (Wildman–Crippen LogP) is 0.744. The molecular formula is C9H9N5. The number of nitrogens with two attached hydrogens (primary N) is 1. The van der Waals surface area contributed by atoms with Gasteiger partial charge in [0.2, 0.25) is 0 Å². The molecule has 0 aliphatic rings. The minimum atomic E-state index is 0.372. The molecule has 0 saturated heterocycles. The van der Waals surface area contributed by atoms with E-state index < -0.39 is 0 Å². The SMILES string of the molecule is C=C=Cc1nc(N)c2ncn(C)c2n1. The maximum atomic E-state index is 5.71. The fourth-order valence-electron chi connectivity index (χ4n) is 1.20. The molecule has 0 radical (unpaired) electrons. The normalized spacial score (nSPS) is 10.1. The van der Waals surface area contributed by atoms with Crippen molar-refractivity contribution in [3.8, 4) is 0 Å². The van der Waals surface area contributed by atoms with Gasteiger partial charge in [0.05, 0.1) is 6.33 Å². The molecule has 0 aromatic carbocycles. The van der Waals surface area contributed by atoms with E-state index in [9.17, 15) is 0 Å². The molecule has 0 spiro atoms. The zero-order valence-electron chi connectivity index (χ0n) is 7.73. The third-order valence-corrected chi connectivity index (χ3v) is 1.84. The number of nitrogens with zero attached hydrogens (tertiary/aromatic N) is 4. The highest BCUT2D eigenvalue weighted by Gasteiger charge is 2.07. The summed E-state index contributed by atoms with van der Waals surface area (Å²) in [7, 11) is 1.85. The first-order valence-corrected chi connectivity index (χ1v) is 4.02. The smallest absolute Gasteiger partial charge is 0.165 e. The molecule has 2 N–H and O–H groups in total. The lowest BCUT2D eigenvalue weighted by Gasteiger charge is -1.97. The molecule has 2 rings (SSSR count). The minimum absolute atomic E-state index is 0.372. The second kappa shape index (κ2) is 2.97. The Bertz CT molecular complexity index is 533. The summed E-state index contributed by atoms with van der Waals surface area (Å²) in [5, 5.41) is 0. The van der Waals surface area contributed by atoms with E-state index in [2.05, 4.69) is 27.3 Å². The Morgan fingerprint density at radius 1 is 1.57 bits per heavy atom. The van der Waals surface area contributed by atoms with Crippen molar-refractivity contribution in [3.05, 3.63) is 24.5 Å². The molecule has 0 aliphatic heterocycles. The maximum absolute atomic E-state index is 5.71. The Balaban J connectivity index is 2.81. The second-order valence-electron chi connectivity index (χ2n) is 2.84. The van der Waals surface area contributed by atoms with Crippen LogP contribution in [0.25, 0.3) is 17.2 Å². The molecule has 0 fully saturated rings. The molecule has 14 heavy (non-hydrogen) atoms. The van der Waals surface area contributed by atoms with E-state index in [1.165, 1.54) is 0 Å². The van der Waals surface area contributed by atoms with Crippen LogP contribution in [0.4, 0.5) is 5.82 Å². The topological polar surface area (TPSA) is 69.6 Å². The average Bonchev–Trinajstić information content (AvgIpc) is 2.49. The Morgan fingerprint density at radius 2 is 2.36 bits per heavy atom. The van der Waals surface area contributed by atoms with Gasteiger partial charge in [-0.15, -0.1) is 5.73 Å². The first-order valence-electron chi connectivity index (χ1n) is 4.02. The van der Waals surface area contributed by atoms with Crippen molar-refractivity contribution < 1.29 is 0 Å². The van der Waals surface area contributed by atoms with E-state index in [4.69, 9.17) is 5.73 Å². The highest BCUT2D eigenvalue weighted by molar-refractivity contribution is 5.82. The summed E-state index contributed by atoms with van der Waals surface area (Å²) < 4.78 is 1.79. The Labute approximate surface area is 80.6 Å².